The number of aliphatic hydroxyl groups excluding tert-OH is 1. The highest BCUT2D eigenvalue weighted by Crippen LogP contribution is 2.37. The molecule has 0 radical (unpaired) electrons. The normalized spacial score (nSPS) is 11.9. The van der Waals surface area contributed by atoms with Gasteiger partial charge in [-0.05, 0) is 58.9 Å². The van der Waals surface area contributed by atoms with Crippen molar-refractivity contribution in [2.45, 2.75) is 45.6 Å². The van der Waals surface area contributed by atoms with Crippen molar-refractivity contribution in [2.75, 3.05) is 19.0 Å². The molecule has 0 amide bonds. The van der Waals surface area contributed by atoms with Gasteiger partial charge in [-0.3, -0.25) is 0 Å². The lowest BCUT2D eigenvalue weighted by molar-refractivity contribution is 0.0693. The number of hydrogen-bond acceptors (Lipinski definition) is 4. The summed E-state index contributed by atoms with van der Waals surface area (Å²) >= 11 is 0. The predicted molar refractivity (Wildman–Crippen MR) is 116 cm³/mol. The van der Waals surface area contributed by atoms with Crippen LogP contribution >= 0.6 is 0 Å². The number of aromatic hydroxyl groups is 1. The second-order valence-electron chi connectivity index (χ2n) is 7.96. The maximum Gasteiger partial charge on any atom is 0.339 e. The van der Waals surface area contributed by atoms with Crippen LogP contribution in [0.25, 0.3) is 0 Å². The first-order chi connectivity index (χ1) is 13.5. The lowest BCUT2D eigenvalue weighted by Gasteiger charge is -2.27. The molecule has 2 aromatic carbocycles. The smallest absolute Gasteiger partial charge is 0.339 e. The van der Waals surface area contributed by atoms with E-state index in [4.69, 9.17) is 5.11 Å². The van der Waals surface area contributed by atoms with Crippen LogP contribution < -0.4 is 4.90 Å². The molecule has 0 saturated heterocycles. The summed E-state index contributed by atoms with van der Waals surface area (Å²) in [5, 5.41) is 29.5. The molecule has 0 fully saturated rings. The van der Waals surface area contributed by atoms with E-state index >= 15 is 0 Å². The van der Waals surface area contributed by atoms with Gasteiger partial charge in [0.2, 0.25) is 0 Å². The van der Waals surface area contributed by atoms with Crippen LogP contribution in [0.15, 0.2) is 30.3 Å². The molecule has 2 rings (SSSR count). The molecule has 0 aliphatic heterocycles. The summed E-state index contributed by atoms with van der Waals surface area (Å²) in [5.74, 6) is 4.64. The van der Waals surface area contributed by atoms with Crippen LogP contribution in [0.5, 0.6) is 5.75 Å². The summed E-state index contributed by atoms with van der Waals surface area (Å²) in [6, 6.07) is 8.09. The quantitative estimate of drug-likeness (QED) is 0.650. The maximum absolute atomic E-state index is 11.0. The average molecular weight is 395 g/mol. The number of phenols is 1. The number of carboxylic acids is 1. The Morgan fingerprint density at radius 3 is 1.97 bits per heavy atom. The van der Waals surface area contributed by atoms with Gasteiger partial charge in [-0.2, -0.15) is 0 Å². The van der Waals surface area contributed by atoms with Gasteiger partial charge in [0, 0.05) is 25.3 Å². The zero-order valence-corrected chi connectivity index (χ0v) is 17.8. The van der Waals surface area contributed by atoms with Crippen LogP contribution in [0, 0.1) is 11.8 Å². The summed E-state index contributed by atoms with van der Waals surface area (Å²) in [6.07, 6.45) is -0.998. The Morgan fingerprint density at radius 2 is 1.55 bits per heavy atom. The van der Waals surface area contributed by atoms with Crippen molar-refractivity contribution in [3.05, 3.63) is 58.1 Å². The number of aliphatic hydroxyl groups is 1. The van der Waals surface area contributed by atoms with E-state index in [0.29, 0.717) is 5.56 Å². The molecule has 1 unspecified atom stereocenters. The number of carbonyl (C=O) groups is 1. The van der Waals surface area contributed by atoms with E-state index in [-0.39, 0.29) is 23.1 Å². The molecule has 0 aliphatic rings. The molecule has 0 bridgehead atoms. The van der Waals surface area contributed by atoms with Crippen molar-refractivity contribution in [1.82, 2.24) is 0 Å². The molecule has 5 heteroatoms. The second-order valence-corrected chi connectivity index (χ2v) is 7.96. The summed E-state index contributed by atoms with van der Waals surface area (Å²) < 4.78 is 0. The van der Waals surface area contributed by atoms with Gasteiger partial charge in [-0.25, -0.2) is 4.79 Å². The van der Waals surface area contributed by atoms with Crippen LogP contribution in [0.1, 0.15) is 78.2 Å². The van der Waals surface area contributed by atoms with Gasteiger partial charge in [0.05, 0.1) is 0 Å². The highest BCUT2D eigenvalue weighted by Gasteiger charge is 2.19. The fourth-order valence-electron chi connectivity index (χ4n) is 3.28. The number of rotatable bonds is 5. The van der Waals surface area contributed by atoms with E-state index in [1.807, 2.05) is 26.2 Å². The summed E-state index contributed by atoms with van der Waals surface area (Å²) in [4.78, 5) is 13.1. The van der Waals surface area contributed by atoms with Crippen molar-refractivity contribution >= 4 is 11.7 Å². The first-order valence-electron chi connectivity index (χ1n) is 9.63. The zero-order chi connectivity index (χ0) is 21.9. The Bertz CT molecular complexity index is 936. The zero-order valence-electron chi connectivity index (χ0n) is 17.8. The molecule has 0 saturated carbocycles. The van der Waals surface area contributed by atoms with E-state index in [9.17, 15) is 15.0 Å². The maximum atomic E-state index is 11.0. The first kappa shape index (κ1) is 22.3. The Labute approximate surface area is 172 Å². The van der Waals surface area contributed by atoms with E-state index in [1.54, 1.807) is 0 Å². The number of nitrogens with zero attached hydrogens (tertiary/aromatic N) is 1. The van der Waals surface area contributed by atoms with Crippen LogP contribution in [-0.4, -0.2) is 35.4 Å². The molecule has 154 valence electrons. The van der Waals surface area contributed by atoms with E-state index < -0.39 is 12.1 Å². The van der Waals surface area contributed by atoms with Crippen molar-refractivity contribution in [1.29, 1.82) is 0 Å². The minimum Gasteiger partial charge on any atom is -0.507 e. The summed E-state index contributed by atoms with van der Waals surface area (Å²) in [7, 11) is 4.05. The molecule has 1 atom stereocenters. The number of hydrogen-bond donors (Lipinski definition) is 3. The lowest BCUT2D eigenvalue weighted by Crippen LogP contribution is -2.16. The molecule has 5 nitrogen and oxygen atoms in total. The molecule has 0 aromatic heterocycles. The Balaban J connectivity index is 2.46. The minimum atomic E-state index is -1.20. The first-order valence-corrected chi connectivity index (χ1v) is 9.63. The van der Waals surface area contributed by atoms with Crippen molar-refractivity contribution < 1.29 is 20.1 Å². The number of anilines is 1. The Hall–Kier alpha value is -2.97. The van der Waals surface area contributed by atoms with Gasteiger partial charge in [-0.15, -0.1) is 0 Å². The predicted octanol–water partition coefficient (Wildman–Crippen LogP) is 4.49. The number of benzene rings is 2. The molecule has 0 aliphatic carbocycles. The largest absolute Gasteiger partial charge is 0.507 e. The SMILES string of the molecule is CC(C)c1cc(C(O)C#Cc2ccc(C(=O)O)c(O)c2)cc(C(C)C)c1N(C)C. The molecule has 0 spiro atoms. The monoisotopic (exact) mass is 395 g/mol. The third-order valence-electron chi connectivity index (χ3n) is 4.78. The fraction of sp³-hybridized carbons (Fsp3) is 0.375. The number of aromatic carboxylic acids is 1. The minimum absolute atomic E-state index is 0.182. The van der Waals surface area contributed by atoms with Crippen LogP contribution in [0.4, 0.5) is 5.69 Å². The van der Waals surface area contributed by atoms with Gasteiger partial charge >= 0.3 is 5.97 Å². The number of carboxylic acid groups (broad SMARTS) is 1. The average Bonchev–Trinajstić information content (AvgIpc) is 2.64. The Morgan fingerprint density at radius 1 is 1.00 bits per heavy atom. The highest BCUT2D eigenvalue weighted by atomic mass is 16.4. The third-order valence-corrected chi connectivity index (χ3v) is 4.78. The van der Waals surface area contributed by atoms with Gasteiger partial charge in [-0.1, -0.05) is 39.5 Å². The van der Waals surface area contributed by atoms with Gasteiger partial charge in [0.25, 0.3) is 0 Å². The van der Waals surface area contributed by atoms with Crippen LogP contribution in [0.2, 0.25) is 0 Å². The molecule has 2 aromatic rings. The van der Waals surface area contributed by atoms with E-state index in [2.05, 4.69) is 44.4 Å². The topological polar surface area (TPSA) is 81.0 Å². The van der Waals surface area contributed by atoms with Crippen molar-refractivity contribution in [3.8, 4) is 17.6 Å². The lowest BCUT2D eigenvalue weighted by atomic mass is 9.88. The second kappa shape index (κ2) is 9.02. The molecular formula is C24H29NO4. The summed E-state index contributed by atoms with van der Waals surface area (Å²) in [6.45, 7) is 8.50. The van der Waals surface area contributed by atoms with Crippen LogP contribution in [0.3, 0.4) is 0 Å². The molecular weight excluding hydrogens is 366 g/mol. The van der Waals surface area contributed by atoms with E-state index in [0.717, 1.165) is 16.7 Å². The van der Waals surface area contributed by atoms with Gasteiger partial charge in [0.15, 0.2) is 0 Å². The standard InChI is InChI=1S/C24H29NO4/c1-14(2)19-12-17(13-20(15(3)4)23(19)25(5)6)21(26)10-8-16-7-9-18(24(28)29)22(27)11-16/h7,9,11-15,21,26-27H,1-6H3,(H,28,29). The van der Waals surface area contributed by atoms with E-state index in [1.165, 1.54) is 23.9 Å². The van der Waals surface area contributed by atoms with Gasteiger partial charge < -0.3 is 20.2 Å². The van der Waals surface area contributed by atoms with Crippen LogP contribution in [-0.2, 0) is 0 Å². The van der Waals surface area contributed by atoms with Crippen molar-refractivity contribution in [3.63, 3.8) is 0 Å². The highest BCUT2D eigenvalue weighted by molar-refractivity contribution is 5.90. The molecule has 29 heavy (non-hydrogen) atoms. The third kappa shape index (κ3) is 5.10. The fourth-order valence-corrected chi connectivity index (χ4v) is 3.28. The Kier molecular flexibility index (Phi) is 6.94. The van der Waals surface area contributed by atoms with Crippen molar-refractivity contribution in [2.24, 2.45) is 0 Å². The molecule has 3 N–H and O–H groups in total. The summed E-state index contributed by atoms with van der Waals surface area (Å²) in [5.41, 5.74) is 4.46. The van der Waals surface area contributed by atoms with Gasteiger partial charge in [0.1, 0.15) is 17.4 Å². The molecule has 0 heterocycles.